The highest BCUT2D eigenvalue weighted by molar-refractivity contribution is 5.83. The first-order chi connectivity index (χ1) is 10.2. The number of esters is 1. The van der Waals surface area contributed by atoms with E-state index in [1.165, 1.54) is 0 Å². The number of nitrogens with zero attached hydrogens (tertiary/aromatic N) is 1. The molecule has 1 aliphatic rings. The SMILES string of the molecule is CCOC(=O)C(c1ccccc1)N1CCC(=O)C(CC)C1. The van der Waals surface area contributed by atoms with E-state index in [1.807, 2.05) is 44.2 Å². The van der Waals surface area contributed by atoms with Crippen molar-refractivity contribution >= 4 is 11.8 Å². The maximum atomic E-state index is 12.4. The van der Waals surface area contributed by atoms with Crippen LogP contribution in [-0.2, 0) is 14.3 Å². The van der Waals surface area contributed by atoms with E-state index < -0.39 is 6.04 Å². The molecule has 0 aromatic heterocycles. The highest BCUT2D eigenvalue weighted by Crippen LogP contribution is 2.27. The Labute approximate surface area is 126 Å². The second-order valence-electron chi connectivity index (χ2n) is 5.38. The second-order valence-corrected chi connectivity index (χ2v) is 5.38. The standard InChI is InChI=1S/C17H23NO3/c1-3-13-12-18(11-10-15(13)19)16(17(20)21-4-2)14-8-6-5-7-9-14/h5-9,13,16H,3-4,10-12H2,1-2H3. The van der Waals surface area contributed by atoms with E-state index in [4.69, 9.17) is 4.74 Å². The lowest BCUT2D eigenvalue weighted by Gasteiger charge is -2.36. The van der Waals surface area contributed by atoms with Crippen LogP contribution >= 0.6 is 0 Å². The van der Waals surface area contributed by atoms with Crippen molar-refractivity contribution in [1.29, 1.82) is 0 Å². The zero-order valence-electron chi connectivity index (χ0n) is 12.7. The van der Waals surface area contributed by atoms with E-state index in [-0.39, 0.29) is 11.9 Å². The Morgan fingerprint density at radius 3 is 2.67 bits per heavy atom. The van der Waals surface area contributed by atoms with Crippen molar-refractivity contribution in [3.63, 3.8) is 0 Å². The molecule has 1 heterocycles. The minimum Gasteiger partial charge on any atom is -0.465 e. The molecule has 1 saturated heterocycles. The maximum Gasteiger partial charge on any atom is 0.327 e. The van der Waals surface area contributed by atoms with Crippen molar-refractivity contribution in [3.8, 4) is 0 Å². The molecule has 21 heavy (non-hydrogen) atoms. The van der Waals surface area contributed by atoms with Gasteiger partial charge in [0.05, 0.1) is 6.61 Å². The van der Waals surface area contributed by atoms with E-state index in [9.17, 15) is 9.59 Å². The Kier molecular flexibility index (Phi) is 5.51. The highest BCUT2D eigenvalue weighted by atomic mass is 16.5. The smallest absolute Gasteiger partial charge is 0.327 e. The summed E-state index contributed by atoms with van der Waals surface area (Å²) in [6, 6.07) is 9.26. The molecule has 4 heteroatoms. The fraction of sp³-hybridized carbons (Fsp3) is 0.529. The molecule has 1 fully saturated rings. The number of hydrogen-bond donors (Lipinski definition) is 0. The van der Waals surface area contributed by atoms with Crippen LogP contribution in [0.1, 0.15) is 38.3 Å². The molecule has 114 valence electrons. The van der Waals surface area contributed by atoms with Gasteiger partial charge in [0, 0.05) is 25.4 Å². The molecule has 1 aromatic rings. The number of piperidine rings is 1. The van der Waals surface area contributed by atoms with Gasteiger partial charge in [0.15, 0.2) is 0 Å². The summed E-state index contributed by atoms with van der Waals surface area (Å²) in [6.07, 6.45) is 1.33. The Morgan fingerprint density at radius 1 is 1.33 bits per heavy atom. The number of rotatable bonds is 5. The molecule has 2 unspecified atom stereocenters. The van der Waals surface area contributed by atoms with Crippen molar-refractivity contribution in [1.82, 2.24) is 4.90 Å². The van der Waals surface area contributed by atoms with Crippen molar-refractivity contribution in [2.45, 2.75) is 32.7 Å². The average molecular weight is 289 g/mol. The number of Topliss-reactive ketones (excluding diaryl/α,β-unsaturated/α-hetero) is 1. The largest absolute Gasteiger partial charge is 0.465 e. The van der Waals surface area contributed by atoms with Crippen LogP contribution < -0.4 is 0 Å². The van der Waals surface area contributed by atoms with Gasteiger partial charge in [-0.3, -0.25) is 9.69 Å². The summed E-state index contributed by atoms with van der Waals surface area (Å²) in [6.45, 7) is 5.45. The minimum absolute atomic E-state index is 0.0272. The first-order valence-electron chi connectivity index (χ1n) is 7.65. The third kappa shape index (κ3) is 3.70. The number of carbonyl (C=O) groups is 2. The number of benzene rings is 1. The number of likely N-dealkylation sites (tertiary alicyclic amines) is 1. The molecule has 1 aromatic carbocycles. The molecule has 0 N–H and O–H groups in total. The molecule has 1 aliphatic heterocycles. The first-order valence-corrected chi connectivity index (χ1v) is 7.65. The van der Waals surface area contributed by atoms with Gasteiger partial charge in [0.2, 0.25) is 0 Å². The minimum atomic E-state index is -0.409. The molecule has 4 nitrogen and oxygen atoms in total. The summed E-state index contributed by atoms with van der Waals surface area (Å²) in [5.74, 6) is 0.108. The van der Waals surface area contributed by atoms with Crippen LogP contribution in [-0.4, -0.2) is 36.3 Å². The van der Waals surface area contributed by atoms with Crippen molar-refractivity contribution in [2.75, 3.05) is 19.7 Å². The molecule has 0 aliphatic carbocycles. The van der Waals surface area contributed by atoms with E-state index in [2.05, 4.69) is 4.90 Å². The van der Waals surface area contributed by atoms with Crippen LogP contribution in [0, 0.1) is 5.92 Å². The van der Waals surface area contributed by atoms with E-state index in [0.717, 1.165) is 12.0 Å². The second kappa shape index (κ2) is 7.36. The summed E-state index contributed by atoms with van der Waals surface area (Å²) in [7, 11) is 0. The summed E-state index contributed by atoms with van der Waals surface area (Å²) in [4.78, 5) is 26.3. The van der Waals surface area contributed by atoms with Crippen LogP contribution in [0.5, 0.6) is 0 Å². The normalized spacial score (nSPS) is 21.0. The maximum absolute atomic E-state index is 12.4. The molecule has 0 bridgehead atoms. The predicted octanol–water partition coefficient (Wildman–Crippen LogP) is 2.59. The van der Waals surface area contributed by atoms with Gasteiger partial charge in [-0.1, -0.05) is 37.3 Å². The molecule has 2 atom stereocenters. The fourth-order valence-electron chi connectivity index (χ4n) is 2.88. The van der Waals surface area contributed by atoms with Crippen molar-refractivity contribution in [3.05, 3.63) is 35.9 Å². The van der Waals surface area contributed by atoms with Gasteiger partial charge in [-0.05, 0) is 18.9 Å². The Bertz CT molecular complexity index is 486. The van der Waals surface area contributed by atoms with Crippen molar-refractivity contribution < 1.29 is 14.3 Å². The average Bonchev–Trinajstić information content (AvgIpc) is 2.50. The number of carbonyl (C=O) groups excluding carboxylic acids is 2. The van der Waals surface area contributed by atoms with E-state index in [1.54, 1.807) is 0 Å². The molecule has 0 saturated carbocycles. The number of hydrogen-bond acceptors (Lipinski definition) is 4. The lowest BCUT2D eigenvalue weighted by atomic mass is 9.92. The summed E-state index contributed by atoms with van der Waals surface area (Å²) < 4.78 is 5.24. The quantitative estimate of drug-likeness (QED) is 0.782. The summed E-state index contributed by atoms with van der Waals surface area (Å²) >= 11 is 0. The van der Waals surface area contributed by atoms with Gasteiger partial charge in [0.1, 0.15) is 11.8 Å². The van der Waals surface area contributed by atoms with E-state index >= 15 is 0 Å². The molecular weight excluding hydrogens is 266 g/mol. The van der Waals surface area contributed by atoms with Crippen LogP contribution in [0.25, 0.3) is 0 Å². The van der Waals surface area contributed by atoms with Gasteiger partial charge in [0.25, 0.3) is 0 Å². The molecule has 2 rings (SSSR count). The van der Waals surface area contributed by atoms with Crippen LogP contribution in [0.3, 0.4) is 0 Å². The van der Waals surface area contributed by atoms with Gasteiger partial charge < -0.3 is 4.74 Å². The summed E-state index contributed by atoms with van der Waals surface area (Å²) in [5.41, 5.74) is 0.931. The lowest BCUT2D eigenvalue weighted by molar-refractivity contribution is -0.152. The molecule has 0 radical (unpaired) electrons. The Morgan fingerprint density at radius 2 is 2.05 bits per heavy atom. The Balaban J connectivity index is 2.23. The zero-order valence-corrected chi connectivity index (χ0v) is 12.7. The van der Waals surface area contributed by atoms with Gasteiger partial charge in [-0.2, -0.15) is 0 Å². The number of ether oxygens (including phenoxy) is 1. The van der Waals surface area contributed by atoms with Crippen LogP contribution in [0.4, 0.5) is 0 Å². The highest BCUT2D eigenvalue weighted by Gasteiger charge is 2.35. The van der Waals surface area contributed by atoms with Crippen LogP contribution in [0.15, 0.2) is 30.3 Å². The predicted molar refractivity (Wildman–Crippen MR) is 80.8 cm³/mol. The third-order valence-electron chi connectivity index (χ3n) is 4.04. The van der Waals surface area contributed by atoms with Crippen LogP contribution in [0.2, 0.25) is 0 Å². The first kappa shape index (κ1) is 15.7. The number of ketones is 1. The molecule has 0 spiro atoms. The van der Waals surface area contributed by atoms with E-state index in [0.29, 0.717) is 31.9 Å². The van der Waals surface area contributed by atoms with Crippen molar-refractivity contribution in [2.24, 2.45) is 5.92 Å². The lowest BCUT2D eigenvalue weighted by Crippen LogP contribution is -2.45. The topological polar surface area (TPSA) is 46.6 Å². The van der Waals surface area contributed by atoms with Gasteiger partial charge in [-0.15, -0.1) is 0 Å². The third-order valence-corrected chi connectivity index (χ3v) is 4.04. The zero-order chi connectivity index (χ0) is 15.2. The fourth-order valence-corrected chi connectivity index (χ4v) is 2.88. The monoisotopic (exact) mass is 289 g/mol. The molecule has 0 amide bonds. The molecular formula is C17H23NO3. The van der Waals surface area contributed by atoms with Gasteiger partial charge >= 0.3 is 5.97 Å². The Hall–Kier alpha value is -1.68. The van der Waals surface area contributed by atoms with Gasteiger partial charge in [-0.25, -0.2) is 4.79 Å². The summed E-state index contributed by atoms with van der Waals surface area (Å²) in [5, 5.41) is 0.